The Morgan fingerprint density at radius 1 is 0.319 bits per heavy atom. The normalized spacial score (nSPS) is 11.8. The molecule has 9 aromatic carbocycles. The van der Waals surface area contributed by atoms with Crippen LogP contribution in [0.1, 0.15) is 0 Å². The first-order chi connectivity index (χ1) is 23.3. The smallest absolute Gasteiger partial charge is 0.0434 e. The first kappa shape index (κ1) is 26.5. The first-order valence-corrected chi connectivity index (χ1v) is 17.0. The lowest BCUT2D eigenvalue weighted by Crippen LogP contribution is -1.91. The molecule has 0 radical (unpaired) electrons. The van der Waals surface area contributed by atoms with Crippen LogP contribution in [0, 0.1) is 0 Å². The molecular formula is C46H28S. The maximum atomic E-state index is 2.40. The van der Waals surface area contributed by atoms with Crippen LogP contribution in [0.15, 0.2) is 170 Å². The van der Waals surface area contributed by atoms with Gasteiger partial charge in [-0.2, -0.15) is 0 Å². The van der Waals surface area contributed by atoms with Gasteiger partial charge in [0.15, 0.2) is 0 Å². The van der Waals surface area contributed by atoms with Crippen molar-refractivity contribution >= 4 is 74.6 Å². The minimum absolute atomic E-state index is 1.24. The average Bonchev–Trinajstić information content (AvgIpc) is 3.53. The van der Waals surface area contributed by atoms with Gasteiger partial charge < -0.3 is 0 Å². The Balaban J connectivity index is 1.22. The fraction of sp³-hybridized carbons (Fsp3) is 0. The monoisotopic (exact) mass is 612 g/mol. The molecule has 0 aliphatic heterocycles. The number of rotatable bonds is 3. The van der Waals surface area contributed by atoms with Crippen LogP contribution in [-0.2, 0) is 0 Å². The molecule has 0 bridgehead atoms. The Hall–Kier alpha value is -5.76. The molecule has 1 heterocycles. The third-order valence-corrected chi connectivity index (χ3v) is 11.0. The van der Waals surface area contributed by atoms with Gasteiger partial charge in [0, 0.05) is 20.2 Å². The van der Waals surface area contributed by atoms with E-state index < -0.39 is 0 Å². The van der Waals surface area contributed by atoms with E-state index in [0.29, 0.717) is 0 Å². The number of hydrogen-bond acceptors (Lipinski definition) is 1. The molecule has 0 N–H and O–H groups in total. The zero-order valence-corrected chi connectivity index (χ0v) is 26.4. The summed E-state index contributed by atoms with van der Waals surface area (Å²) in [5.41, 5.74) is 7.61. The number of fused-ring (bicyclic) bond motifs is 8. The van der Waals surface area contributed by atoms with Crippen LogP contribution in [0.3, 0.4) is 0 Å². The second-order valence-electron chi connectivity index (χ2n) is 12.4. The largest absolute Gasteiger partial charge is 0.135 e. The number of thiophene rings is 1. The summed E-state index contributed by atoms with van der Waals surface area (Å²) in [6.45, 7) is 0. The average molecular weight is 613 g/mol. The standard InChI is InChI=1S/C46H28S/c1-2-13-31-27-34(24-23-29(31)11-1)44-39-19-7-5-17-37(39)43(38-18-6-8-20-40(38)44)33-15-9-14-32(28-33)36-21-10-22-41-45-35-16-4-3-12-30(35)25-26-42(45)47-46(36)41/h1-28H. The van der Waals surface area contributed by atoms with E-state index in [1.165, 1.54) is 96.6 Å². The third-order valence-electron chi connectivity index (χ3n) is 9.82. The van der Waals surface area contributed by atoms with E-state index in [9.17, 15) is 0 Å². The summed E-state index contributed by atoms with van der Waals surface area (Å²) >= 11 is 1.91. The predicted octanol–water partition coefficient (Wildman–Crippen LogP) is 13.7. The Morgan fingerprint density at radius 2 is 0.851 bits per heavy atom. The summed E-state index contributed by atoms with van der Waals surface area (Å²) in [5.74, 6) is 0. The van der Waals surface area contributed by atoms with Crippen LogP contribution in [0.5, 0.6) is 0 Å². The van der Waals surface area contributed by atoms with E-state index in [-0.39, 0.29) is 0 Å². The highest BCUT2D eigenvalue weighted by molar-refractivity contribution is 7.26. The van der Waals surface area contributed by atoms with Gasteiger partial charge in [0.25, 0.3) is 0 Å². The lowest BCUT2D eigenvalue weighted by Gasteiger charge is -2.18. The van der Waals surface area contributed by atoms with Gasteiger partial charge in [0.1, 0.15) is 0 Å². The van der Waals surface area contributed by atoms with Crippen LogP contribution >= 0.6 is 11.3 Å². The Bertz CT molecular complexity index is 2800. The summed E-state index contributed by atoms with van der Waals surface area (Å²) in [7, 11) is 0. The minimum atomic E-state index is 1.24. The molecule has 1 heteroatoms. The van der Waals surface area contributed by atoms with E-state index in [0.717, 1.165) is 0 Å². The van der Waals surface area contributed by atoms with E-state index in [1.807, 2.05) is 11.3 Å². The van der Waals surface area contributed by atoms with Crippen molar-refractivity contribution in [1.82, 2.24) is 0 Å². The second-order valence-corrected chi connectivity index (χ2v) is 13.5. The fourth-order valence-electron chi connectivity index (χ4n) is 7.73. The van der Waals surface area contributed by atoms with Crippen LogP contribution in [0.2, 0.25) is 0 Å². The molecule has 1 aromatic heterocycles. The lowest BCUT2D eigenvalue weighted by atomic mass is 9.85. The van der Waals surface area contributed by atoms with Crippen LogP contribution < -0.4 is 0 Å². The molecule has 0 unspecified atom stereocenters. The van der Waals surface area contributed by atoms with E-state index in [2.05, 4.69) is 170 Å². The lowest BCUT2D eigenvalue weighted by molar-refractivity contribution is 1.64. The van der Waals surface area contributed by atoms with Crippen LogP contribution in [0.25, 0.3) is 96.6 Å². The van der Waals surface area contributed by atoms with Gasteiger partial charge >= 0.3 is 0 Å². The molecule has 0 nitrogen and oxygen atoms in total. The Kier molecular flexibility index (Phi) is 5.85. The molecule has 10 aromatic rings. The fourth-order valence-corrected chi connectivity index (χ4v) is 8.99. The number of benzene rings is 9. The van der Waals surface area contributed by atoms with Gasteiger partial charge in [0.05, 0.1) is 0 Å². The van der Waals surface area contributed by atoms with E-state index in [4.69, 9.17) is 0 Å². The van der Waals surface area contributed by atoms with Gasteiger partial charge in [-0.1, -0.05) is 152 Å². The molecule has 10 rings (SSSR count). The highest BCUT2D eigenvalue weighted by atomic mass is 32.1. The van der Waals surface area contributed by atoms with Crippen LogP contribution in [0.4, 0.5) is 0 Å². The van der Waals surface area contributed by atoms with Gasteiger partial charge in [0.2, 0.25) is 0 Å². The summed E-state index contributed by atoms with van der Waals surface area (Å²) in [5, 5.41) is 12.9. The quantitative estimate of drug-likeness (QED) is 0.174. The Morgan fingerprint density at radius 3 is 1.57 bits per heavy atom. The van der Waals surface area contributed by atoms with Gasteiger partial charge in [-0.3, -0.25) is 0 Å². The van der Waals surface area contributed by atoms with Crippen molar-refractivity contribution in [3.05, 3.63) is 170 Å². The van der Waals surface area contributed by atoms with Crippen molar-refractivity contribution in [3.63, 3.8) is 0 Å². The first-order valence-electron chi connectivity index (χ1n) is 16.2. The molecular weight excluding hydrogens is 585 g/mol. The van der Waals surface area contributed by atoms with Crippen molar-refractivity contribution in [2.24, 2.45) is 0 Å². The molecule has 0 amide bonds. The van der Waals surface area contributed by atoms with Crippen molar-refractivity contribution in [2.45, 2.75) is 0 Å². The summed E-state index contributed by atoms with van der Waals surface area (Å²) in [6.07, 6.45) is 0. The molecule has 0 saturated heterocycles. The molecule has 218 valence electrons. The summed E-state index contributed by atoms with van der Waals surface area (Å²) < 4.78 is 2.68. The van der Waals surface area contributed by atoms with Crippen molar-refractivity contribution in [1.29, 1.82) is 0 Å². The molecule has 0 saturated carbocycles. The molecule has 0 fully saturated rings. The van der Waals surface area contributed by atoms with Crippen molar-refractivity contribution in [3.8, 4) is 33.4 Å². The van der Waals surface area contributed by atoms with Gasteiger partial charge in [-0.25, -0.2) is 0 Å². The number of hydrogen-bond donors (Lipinski definition) is 0. The third kappa shape index (κ3) is 4.07. The maximum Gasteiger partial charge on any atom is 0.0434 e. The van der Waals surface area contributed by atoms with E-state index >= 15 is 0 Å². The summed E-state index contributed by atoms with van der Waals surface area (Å²) in [6, 6.07) is 62.7. The molecule has 0 atom stereocenters. The molecule has 47 heavy (non-hydrogen) atoms. The predicted molar refractivity (Wildman–Crippen MR) is 206 cm³/mol. The second kappa shape index (κ2) is 10.4. The summed E-state index contributed by atoms with van der Waals surface area (Å²) in [4.78, 5) is 0. The molecule has 0 spiro atoms. The minimum Gasteiger partial charge on any atom is -0.135 e. The SMILES string of the molecule is c1cc(-c2c3ccccc3c(-c3ccc4ccccc4c3)c3ccccc23)cc(-c2cccc3c2sc2ccc4ccccc4c23)c1. The Labute approximate surface area is 276 Å². The van der Waals surface area contributed by atoms with Crippen LogP contribution in [-0.4, -0.2) is 0 Å². The molecule has 0 aliphatic carbocycles. The zero-order chi connectivity index (χ0) is 30.9. The van der Waals surface area contributed by atoms with E-state index in [1.54, 1.807) is 0 Å². The van der Waals surface area contributed by atoms with Gasteiger partial charge in [-0.05, 0) is 94.7 Å². The van der Waals surface area contributed by atoms with Gasteiger partial charge in [-0.15, -0.1) is 11.3 Å². The van der Waals surface area contributed by atoms with Crippen molar-refractivity contribution < 1.29 is 0 Å². The molecule has 0 aliphatic rings. The highest BCUT2D eigenvalue weighted by Crippen LogP contribution is 2.46. The topological polar surface area (TPSA) is 0 Å². The highest BCUT2D eigenvalue weighted by Gasteiger charge is 2.18. The van der Waals surface area contributed by atoms with Crippen molar-refractivity contribution in [2.75, 3.05) is 0 Å². The maximum absolute atomic E-state index is 2.40. The zero-order valence-electron chi connectivity index (χ0n) is 25.6.